The number of nitrogens with zero attached hydrogens (tertiary/aromatic N) is 4. The topological polar surface area (TPSA) is 71.0 Å². The molecule has 2 aromatic heterocycles. The highest BCUT2D eigenvalue weighted by molar-refractivity contribution is 5.92. The molecule has 0 bridgehead atoms. The summed E-state index contributed by atoms with van der Waals surface area (Å²) >= 11 is 0. The van der Waals surface area contributed by atoms with Crippen LogP contribution in [0.4, 0.5) is 5.95 Å². The minimum absolute atomic E-state index is 0.00776. The fourth-order valence-electron chi connectivity index (χ4n) is 3.09. The second kappa shape index (κ2) is 7.86. The number of pyridine rings is 1. The van der Waals surface area contributed by atoms with Crippen molar-refractivity contribution in [2.75, 3.05) is 11.9 Å². The van der Waals surface area contributed by atoms with E-state index in [1.807, 2.05) is 17.0 Å². The molecule has 1 unspecified atom stereocenters. The molecule has 1 atom stereocenters. The number of nitrogens with one attached hydrogen (secondary N) is 1. The molecule has 1 aliphatic heterocycles. The molecule has 1 fully saturated rings. The van der Waals surface area contributed by atoms with Gasteiger partial charge >= 0.3 is 0 Å². The quantitative estimate of drug-likeness (QED) is 0.915. The van der Waals surface area contributed by atoms with Gasteiger partial charge in [0.1, 0.15) is 5.69 Å². The number of carbonyl (C=O) groups excluding carboxylic acids is 1. The number of likely N-dealkylation sites (tertiary alicyclic amines) is 1. The zero-order chi connectivity index (χ0) is 16.8. The summed E-state index contributed by atoms with van der Waals surface area (Å²) in [5.41, 5.74) is 1.50. The molecular formula is C18H23N5O. The van der Waals surface area contributed by atoms with E-state index >= 15 is 0 Å². The number of anilines is 1. The van der Waals surface area contributed by atoms with Crippen molar-refractivity contribution in [3.05, 3.63) is 48.0 Å². The van der Waals surface area contributed by atoms with Gasteiger partial charge in [-0.2, -0.15) is 0 Å². The number of hydrogen-bond acceptors (Lipinski definition) is 5. The van der Waals surface area contributed by atoms with Gasteiger partial charge in [0.25, 0.3) is 5.91 Å². The molecule has 1 saturated heterocycles. The summed E-state index contributed by atoms with van der Waals surface area (Å²) in [7, 11) is 0. The SMILES string of the molecule is CCC1CCCCN1C(=O)c1ccnc(NCc2cccnc2)n1. The lowest BCUT2D eigenvalue weighted by Crippen LogP contribution is -2.43. The maximum Gasteiger partial charge on any atom is 0.272 e. The molecule has 6 heteroatoms. The van der Waals surface area contributed by atoms with Crippen molar-refractivity contribution in [3.63, 3.8) is 0 Å². The van der Waals surface area contributed by atoms with Crippen molar-refractivity contribution in [1.29, 1.82) is 0 Å². The van der Waals surface area contributed by atoms with E-state index < -0.39 is 0 Å². The van der Waals surface area contributed by atoms with Gasteiger partial charge in [-0.25, -0.2) is 9.97 Å². The van der Waals surface area contributed by atoms with Gasteiger partial charge in [-0.1, -0.05) is 13.0 Å². The molecule has 1 amide bonds. The summed E-state index contributed by atoms with van der Waals surface area (Å²) in [5, 5.41) is 3.15. The third-order valence-corrected chi connectivity index (χ3v) is 4.41. The minimum Gasteiger partial charge on any atom is -0.350 e. The molecule has 1 aliphatic rings. The average Bonchev–Trinajstić information content (AvgIpc) is 2.67. The van der Waals surface area contributed by atoms with Gasteiger partial charge in [0.05, 0.1) is 0 Å². The summed E-state index contributed by atoms with van der Waals surface area (Å²) in [6, 6.07) is 5.89. The van der Waals surface area contributed by atoms with Gasteiger partial charge in [0.2, 0.25) is 5.95 Å². The molecule has 24 heavy (non-hydrogen) atoms. The van der Waals surface area contributed by atoms with Crippen LogP contribution in [-0.2, 0) is 6.54 Å². The first kappa shape index (κ1) is 16.4. The van der Waals surface area contributed by atoms with E-state index in [-0.39, 0.29) is 5.91 Å². The summed E-state index contributed by atoms with van der Waals surface area (Å²) in [6.07, 6.45) is 9.51. The van der Waals surface area contributed by atoms with Crippen molar-refractivity contribution >= 4 is 11.9 Å². The van der Waals surface area contributed by atoms with E-state index in [1.54, 1.807) is 24.7 Å². The van der Waals surface area contributed by atoms with Crippen LogP contribution < -0.4 is 5.32 Å². The van der Waals surface area contributed by atoms with Gasteiger partial charge in [-0.05, 0) is 43.4 Å². The Labute approximate surface area is 142 Å². The Hall–Kier alpha value is -2.50. The molecule has 0 saturated carbocycles. The number of amides is 1. The summed E-state index contributed by atoms with van der Waals surface area (Å²) in [4.78, 5) is 27.4. The molecule has 3 rings (SSSR count). The van der Waals surface area contributed by atoms with Crippen LogP contribution in [0.15, 0.2) is 36.8 Å². The number of aromatic nitrogens is 3. The van der Waals surface area contributed by atoms with Crippen LogP contribution in [0.2, 0.25) is 0 Å². The molecule has 0 spiro atoms. The molecule has 6 nitrogen and oxygen atoms in total. The van der Waals surface area contributed by atoms with E-state index in [0.29, 0.717) is 24.2 Å². The monoisotopic (exact) mass is 325 g/mol. The lowest BCUT2D eigenvalue weighted by molar-refractivity contribution is 0.0602. The fraction of sp³-hybridized carbons (Fsp3) is 0.444. The Bertz CT molecular complexity index is 676. The first-order valence-corrected chi connectivity index (χ1v) is 8.54. The van der Waals surface area contributed by atoms with E-state index in [9.17, 15) is 4.79 Å². The molecule has 2 aromatic rings. The molecule has 0 aliphatic carbocycles. The normalized spacial score (nSPS) is 17.5. The average molecular weight is 325 g/mol. The Balaban J connectivity index is 1.69. The number of carbonyl (C=O) groups is 1. The highest BCUT2D eigenvalue weighted by Gasteiger charge is 2.27. The highest BCUT2D eigenvalue weighted by atomic mass is 16.2. The van der Waals surface area contributed by atoms with Crippen LogP contribution in [0.25, 0.3) is 0 Å². The number of piperidine rings is 1. The van der Waals surface area contributed by atoms with Gasteiger partial charge in [-0.15, -0.1) is 0 Å². The summed E-state index contributed by atoms with van der Waals surface area (Å²) in [5.74, 6) is 0.475. The predicted molar refractivity (Wildman–Crippen MR) is 92.6 cm³/mol. The first-order valence-electron chi connectivity index (χ1n) is 8.54. The minimum atomic E-state index is 0.00776. The summed E-state index contributed by atoms with van der Waals surface area (Å²) < 4.78 is 0. The number of rotatable bonds is 5. The van der Waals surface area contributed by atoms with Crippen molar-refractivity contribution in [3.8, 4) is 0 Å². The largest absolute Gasteiger partial charge is 0.350 e. The Kier molecular flexibility index (Phi) is 5.36. The predicted octanol–water partition coefficient (Wildman–Crippen LogP) is 2.89. The van der Waals surface area contributed by atoms with Crippen LogP contribution in [0, 0.1) is 0 Å². The van der Waals surface area contributed by atoms with Gasteiger partial charge in [0.15, 0.2) is 0 Å². The Morgan fingerprint density at radius 1 is 1.33 bits per heavy atom. The van der Waals surface area contributed by atoms with E-state index in [2.05, 4.69) is 27.2 Å². The van der Waals surface area contributed by atoms with Crippen LogP contribution in [0.1, 0.15) is 48.7 Å². The van der Waals surface area contributed by atoms with Crippen molar-refractivity contribution in [2.24, 2.45) is 0 Å². The first-order chi connectivity index (χ1) is 11.8. The van der Waals surface area contributed by atoms with Crippen LogP contribution >= 0.6 is 0 Å². The lowest BCUT2D eigenvalue weighted by atomic mass is 9.99. The Morgan fingerprint density at radius 2 is 2.25 bits per heavy atom. The Morgan fingerprint density at radius 3 is 3.04 bits per heavy atom. The second-order valence-corrected chi connectivity index (χ2v) is 6.04. The summed E-state index contributed by atoms with van der Waals surface area (Å²) in [6.45, 7) is 3.53. The third kappa shape index (κ3) is 3.88. The molecule has 0 radical (unpaired) electrons. The fourth-order valence-corrected chi connectivity index (χ4v) is 3.09. The highest BCUT2D eigenvalue weighted by Crippen LogP contribution is 2.21. The second-order valence-electron chi connectivity index (χ2n) is 6.04. The van der Waals surface area contributed by atoms with Crippen LogP contribution in [0.3, 0.4) is 0 Å². The van der Waals surface area contributed by atoms with Crippen LogP contribution in [-0.4, -0.2) is 38.3 Å². The van der Waals surface area contributed by atoms with Gasteiger partial charge < -0.3 is 10.2 Å². The van der Waals surface area contributed by atoms with E-state index in [0.717, 1.165) is 31.4 Å². The zero-order valence-corrected chi connectivity index (χ0v) is 14.0. The van der Waals surface area contributed by atoms with Crippen molar-refractivity contribution in [2.45, 2.75) is 45.2 Å². The number of hydrogen-bond donors (Lipinski definition) is 1. The molecule has 1 N–H and O–H groups in total. The molecule has 3 heterocycles. The molecule has 0 aromatic carbocycles. The zero-order valence-electron chi connectivity index (χ0n) is 14.0. The lowest BCUT2D eigenvalue weighted by Gasteiger charge is -2.35. The smallest absolute Gasteiger partial charge is 0.272 e. The van der Waals surface area contributed by atoms with Gasteiger partial charge in [-0.3, -0.25) is 9.78 Å². The third-order valence-electron chi connectivity index (χ3n) is 4.41. The molecular weight excluding hydrogens is 302 g/mol. The van der Waals surface area contributed by atoms with Crippen LogP contribution in [0.5, 0.6) is 0 Å². The maximum absolute atomic E-state index is 12.8. The van der Waals surface area contributed by atoms with E-state index in [1.165, 1.54) is 6.42 Å². The van der Waals surface area contributed by atoms with E-state index in [4.69, 9.17) is 0 Å². The molecule has 126 valence electrons. The van der Waals surface area contributed by atoms with Gasteiger partial charge in [0, 0.05) is 37.7 Å². The standard InChI is InChI=1S/C18H23N5O/c1-2-15-7-3-4-11-23(15)17(24)16-8-10-20-18(22-16)21-13-14-6-5-9-19-12-14/h5-6,8-10,12,15H,2-4,7,11,13H2,1H3,(H,20,21,22). The maximum atomic E-state index is 12.8. The van der Waals surface area contributed by atoms with Crippen molar-refractivity contribution in [1.82, 2.24) is 19.9 Å². The van der Waals surface area contributed by atoms with Crippen molar-refractivity contribution < 1.29 is 4.79 Å².